The van der Waals surface area contributed by atoms with Crippen LogP contribution in [0.3, 0.4) is 0 Å². The molecule has 92 valence electrons. The number of hydrogen-bond acceptors (Lipinski definition) is 5. The predicted octanol–water partition coefficient (Wildman–Crippen LogP) is 0.387. The first-order valence-electron chi connectivity index (χ1n) is 5.03. The minimum Gasteiger partial charge on any atom is -0.475 e. The van der Waals surface area contributed by atoms with Crippen LogP contribution >= 0.6 is 0 Å². The first-order chi connectivity index (χ1) is 7.43. The van der Waals surface area contributed by atoms with Crippen molar-refractivity contribution in [3.05, 3.63) is 0 Å². The SMILES string of the molecule is CCOC(C(=O)OC(C)CC)C(=O)C(=O)O. The van der Waals surface area contributed by atoms with Crippen LogP contribution in [0.1, 0.15) is 27.2 Å². The summed E-state index contributed by atoms with van der Waals surface area (Å²) in [6.45, 7) is 5.05. The Bertz CT molecular complexity index is 272. The number of ketones is 1. The van der Waals surface area contributed by atoms with E-state index < -0.39 is 23.8 Å². The maximum absolute atomic E-state index is 11.4. The minimum absolute atomic E-state index is 0.0549. The fourth-order valence-electron chi connectivity index (χ4n) is 0.873. The lowest BCUT2D eigenvalue weighted by Gasteiger charge is -2.16. The van der Waals surface area contributed by atoms with Crippen molar-refractivity contribution in [2.45, 2.75) is 39.4 Å². The lowest BCUT2D eigenvalue weighted by Crippen LogP contribution is -2.40. The molecule has 2 unspecified atom stereocenters. The average molecular weight is 232 g/mol. The Hall–Kier alpha value is -1.43. The summed E-state index contributed by atoms with van der Waals surface area (Å²) in [6.07, 6.45) is -1.47. The van der Waals surface area contributed by atoms with Crippen molar-refractivity contribution in [3.63, 3.8) is 0 Å². The van der Waals surface area contributed by atoms with Gasteiger partial charge in [0.25, 0.3) is 5.78 Å². The molecule has 0 spiro atoms. The van der Waals surface area contributed by atoms with Gasteiger partial charge in [-0.25, -0.2) is 9.59 Å². The van der Waals surface area contributed by atoms with Crippen LogP contribution in [0.25, 0.3) is 0 Å². The van der Waals surface area contributed by atoms with Crippen LogP contribution in [0.4, 0.5) is 0 Å². The fraction of sp³-hybridized carbons (Fsp3) is 0.700. The van der Waals surface area contributed by atoms with Crippen LogP contribution in [0, 0.1) is 0 Å². The van der Waals surface area contributed by atoms with Gasteiger partial charge in [-0.05, 0) is 20.3 Å². The molecule has 0 heterocycles. The normalized spacial score (nSPS) is 13.9. The second-order valence-electron chi connectivity index (χ2n) is 3.16. The molecular formula is C10H16O6. The van der Waals surface area contributed by atoms with Crippen LogP contribution in [0.15, 0.2) is 0 Å². The van der Waals surface area contributed by atoms with Gasteiger partial charge in [-0.1, -0.05) is 6.92 Å². The fourth-order valence-corrected chi connectivity index (χ4v) is 0.873. The molecule has 0 amide bonds. The van der Waals surface area contributed by atoms with Crippen molar-refractivity contribution in [1.82, 2.24) is 0 Å². The van der Waals surface area contributed by atoms with Gasteiger partial charge in [-0.2, -0.15) is 0 Å². The van der Waals surface area contributed by atoms with Crippen LogP contribution in [0.2, 0.25) is 0 Å². The Balaban J connectivity index is 4.58. The molecule has 2 atom stereocenters. The molecule has 6 nitrogen and oxygen atoms in total. The van der Waals surface area contributed by atoms with Crippen LogP contribution in [0.5, 0.6) is 0 Å². The van der Waals surface area contributed by atoms with E-state index in [0.29, 0.717) is 6.42 Å². The van der Waals surface area contributed by atoms with Crippen LogP contribution < -0.4 is 0 Å². The molecule has 0 bridgehead atoms. The highest BCUT2D eigenvalue weighted by atomic mass is 16.6. The molecule has 1 N–H and O–H groups in total. The minimum atomic E-state index is -1.71. The number of carboxylic acid groups (broad SMARTS) is 1. The van der Waals surface area contributed by atoms with Gasteiger partial charge in [0.2, 0.25) is 6.10 Å². The Morgan fingerprint density at radius 3 is 2.19 bits per heavy atom. The molecule has 0 aromatic carbocycles. The summed E-state index contributed by atoms with van der Waals surface area (Å²) in [7, 11) is 0. The summed E-state index contributed by atoms with van der Waals surface area (Å²) >= 11 is 0. The molecule has 0 radical (unpaired) electrons. The van der Waals surface area contributed by atoms with Crippen molar-refractivity contribution in [2.75, 3.05) is 6.61 Å². The van der Waals surface area contributed by atoms with E-state index in [2.05, 4.69) is 0 Å². The lowest BCUT2D eigenvalue weighted by molar-refractivity contribution is -0.170. The van der Waals surface area contributed by atoms with E-state index in [-0.39, 0.29) is 12.7 Å². The van der Waals surface area contributed by atoms with Gasteiger partial charge in [0.05, 0.1) is 6.10 Å². The molecule has 0 aromatic rings. The third-order valence-electron chi connectivity index (χ3n) is 1.89. The number of carbonyl (C=O) groups excluding carboxylic acids is 2. The van der Waals surface area contributed by atoms with E-state index in [0.717, 1.165) is 0 Å². The van der Waals surface area contributed by atoms with Gasteiger partial charge in [0.1, 0.15) is 0 Å². The average Bonchev–Trinajstić information content (AvgIpc) is 2.24. The molecule has 6 heteroatoms. The smallest absolute Gasteiger partial charge is 0.375 e. The summed E-state index contributed by atoms with van der Waals surface area (Å²) in [5.41, 5.74) is 0. The van der Waals surface area contributed by atoms with Gasteiger partial charge < -0.3 is 14.6 Å². The number of aliphatic carboxylic acids is 1. The molecule has 0 aliphatic carbocycles. The zero-order valence-corrected chi connectivity index (χ0v) is 9.56. The van der Waals surface area contributed by atoms with Crippen LogP contribution in [-0.2, 0) is 23.9 Å². The predicted molar refractivity (Wildman–Crippen MR) is 53.9 cm³/mol. The van der Waals surface area contributed by atoms with Crippen LogP contribution in [-0.4, -0.2) is 41.6 Å². The molecule has 0 aliphatic heterocycles. The molecule has 0 aromatic heterocycles. The van der Waals surface area contributed by atoms with Gasteiger partial charge in [0, 0.05) is 6.61 Å². The topological polar surface area (TPSA) is 89.9 Å². The number of ether oxygens (including phenoxy) is 2. The van der Waals surface area contributed by atoms with E-state index in [1.54, 1.807) is 20.8 Å². The molecule has 16 heavy (non-hydrogen) atoms. The number of carbonyl (C=O) groups is 3. The van der Waals surface area contributed by atoms with Crippen molar-refractivity contribution in [1.29, 1.82) is 0 Å². The number of carboxylic acids is 1. The van der Waals surface area contributed by atoms with Gasteiger partial charge in [0.15, 0.2) is 0 Å². The van der Waals surface area contributed by atoms with Gasteiger partial charge in [-0.3, -0.25) is 4.79 Å². The summed E-state index contributed by atoms with van der Waals surface area (Å²) < 4.78 is 9.60. The van der Waals surface area contributed by atoms with Crippen molar-refractivity contribution >= 4 is 17.7 Å². The Morgan fingerprint density at radius 2 is 1.81 bits per heavy atom. The maximum atomic E-state index is 11.4. The van der Waals surface area contributed by atoms with Gasteiger partial charge in [-0.15, -0.1) is 0 Å². The zero-order valence-electron chi connectivity index (χ0n) is 9.56. The largest absolute Gasteiger partial charge is 0.475 e. The molecule has 0 aliphatic rings. The summed E-state index contributed by atoms with van der Waals surface area (Å²) in [4.78, 5) is 33.0. The number of esters is 1. The highest BCUT2D eigenvalue weighted by Crippen LogP contribution is 2.04. The van der Waals surface area contributed by atoms with E-state index in [4.69, 9.17) is 14.6 Å². The monoisotopic (exact) mass is 232 g/mol. The molecule has 0 saturated heterocycles. The Labute approximate surface area is 93.5 Å². The first-order valence-corrected chi connectivity index (χ1v) is 5.03. The number of Topliss-reactive ketones (excluding diaryl/α,β-unsaturated/α-hetero) is 1. The quantitative estimate of drug-likeness (QED) is 0.388. The summed E-state index contributed by atoms with van der Waals surface area (Å²) in [5.74, 6) is -3.97. The van der Waals surface area contributed by atoms with Crippen molar-refractivity contribution in [3.8, 4) is 0 Å². The summed E-state index contributed by atoms with van der Waals surface area (Å²) in [6, 6.07) is 0. The molecule has 0 rings (SSSR count). The number of rotatable bonds is 7. The second kappa shape index (κ2) is 6.95. The van der Waals surface area contributed by atoms with Crippen molar-refractivity contribution < 1.29 is 29.0 Å². The molecule has 0 saturated carbocycles. The molecule has 0 fully saturated rings. The highest BCUT2D eigenvalue weighted by molar-refractivity contribution is 6.38. The Morgan fingerprint density at radius 1 is 1.25 bits per heavy atom. The van der Waals surface area contributed by atoms with E-state index in [9.17, 15) is 14.4 Å². The Kier molecular flexibility index (Phi) is 6.32. The zero-order chi connectivity index (χ0) is 12.7. The lowest BCUT2D eigenvalue weighted by atomic mass is 10.2. The van der Waals surface area contributed by atoms with Crippen molar-refractivity contribution in [2.24, 2.45) is 0 Å². The maximum Gasteiger partial charge on any atom is 0.375 e. The van der Waals surface area contributed by atoms with Gasteiger partial charge >= 0.3 is 11.9 Å². The van der Waals surface area contributed by atoms with E-state index >= 15 is 0 Å². The van der Waals surface area contributed by atoms with E-state index in [1.165, 1.54) is 0 Å². The second-order valence-corrected chi connectivity index (χ2v) is 3.16. The van der Waals surface area contributed by atoms with E-state index in [1.807, 2.05) is 0 Å². The standard InChI is InChI=1S/C10H16O6/c1-4-6(3)16-10(14)8(15-5-2)7(11)9(12)13/h6,8H,4-5H2,1-3H3,(H,12,13). The third kappa shape index (κ3) is 4.39. The first kappa shape index (κ1) is 14.6. The summed E-state index contributed by atoms with van der Waals surface area (Å²) in [5, 5.41) is 8.48. The molecular weight excluding hydrogens is 216 g/mol. The highest BCUT2D eigenvalue weighted by Gasteiger charge is 2.34. The number of hydrogen-bond donors (Lipinski definition) is 1. The third-order valence-corrected chi connectivity index (χ3v) is 1.89.